The molecular weight excluding hydrogens is 377 g/mol. The van der Waals surface area contributed by atoms with Crippen molar-refractivity contribution in [2.45, 2.75) is 37.4 Å². The van der Waals surface area contributed by atoms with Crippen LogP contribution >= 0.6 is 8.03 Å². The van der Waals surface area contributed by atoms with Crippen molar-refractivity contribution >= 4 is 25.1 Å². The molecule has 2 bridgehead atoms. The third-order valence-corrected chi connectivity index (χ3v) is 5.43. The Kier molecular flexibility index (Phi) is 4.32. The third kappa shape index (κ3) is 2.69. The van der Waals surface area contributed by atoms with Crippen molar-refractivity contribution < 1.29 is 28.4 Å². The summed E-state index contributed by atoms with van der Waals surface area (Å²) in [6.45, 7) is 5.47. The number of hydrogen-bond donors (Lipinski definition) is 2. The summed E-state index contributed by atoms with van der Waals surface area (Å²) in [4.78, 5) is 12.6. The average Bonchev–Trinajstić information content (AvgIpc) is 3.20. The number of aromatic nitrogens is 4. The van der Waals surface area contributed by atoms with Gasteiger partial charge in [0.25, 0.3) is 0 Å². The molecule has 27 heavy (non-hydrogen) atoms. The Balaban J connectivity index is 1.75. The topological polar surface area (TPSA) is 144 Å². The predicted molar refractivity (Wildman–Crippen MR) is 93.6 cm³/mol. The number of anilines is 1. The highest BCUT2D eigenvalue weighted by molar-refractivity contribution is 7.38. The molecule has 0 aliphatic carbocycles. The summed E-state index contributed by atoms with van der Waals surface area (Å²) < 4.78 is 35.8. The van der Waals surface area contributed by atoms with Gasteiger partial charge in [-0.15, -0.1) is 4.52 Å². The lowest BCUT2D eigenvalue weighted by Crippen LogP contribution is -2.45. The van der Waals surface area contributed by atoms with Crippen LogP contribution in [0.15, 0.2) is 6.33 Å². The SMILES string of the molecule is CCOc1nc(N)nc2c1ncn2[C@@H]1O[C@@]2(CO[P+](C)=O)CO[C@]1(C)[C@@H]2O. The predicted octanol–water partition coefficient (Wildman–Crippen LogP) is 0.613. The maximum Gasteiger partial charge on any atom is 0.504 e. The smallest absolute Gasteiger partial charge is 0.476 e. The van der Waals surface area contributed by atoms with E-state index in [1.54, 1.807) is 11.5 Å². The van der Waals surface area contributed by atoms with Gasteiger partial charge in [0.05, 0.1) is 19.5 Å². The number of fused-ring (bicyclic) bond motifs is 3. The van der Waals surface area contributed by atoms with Crippen molar-refractivity contribution in [3.05, 3.63) is 6.33 Å². The summed E-state index contributed by atoms with van der Waals surface area (Å²) >= 11 is 0. The minimum atomic E-state index is -1.84. The number of aliphatic hydroxyl groups is 1. The first-order valence-electron chi connectivity index (χ1n) is 8.47. The molecule has 0 radical (unpaired) electrons. The van der Waals surface area contributed by atoms with Crippen LogP contribution in [0, 0.1) is 0 Å². The van der Waals surface area contributed by atoms with Gasteiger partial charge in [0.1, 0.15) is 18.3 Å². The molecule has 2 aromatic heterocycles. The Labute approximate surface area is 155 Å². The summed E-state index contributed by atoms with van der Waals surface area (Å²) in [6, 6.07) is 0. The summed E-state index contributed by atoms with van der Waals surface area (Å²) in [7, 11) is -1.84. The lowest BCUT2D eigenvalue weighted by atomic mass is 9.92. The van der Waals surface area contributed by atoms with E-state index in [1.807, 2.05) is 6.92 Å². The molecule has 1 unspecified atom stereocenters. The number of rotatable bonds is 6. The molecule has 4 rings (SSSR count). The summed E-state index contributed by atoms with van der Waals surface area (Å²) in [5.41, 5.74) is 4.44. The van der Waals surface area contributed by atoms with E-state index in [4.69, 9.17) is 24.5 Å². The number of imidazole rings is 1. The molecule has 4 heterocycles. The van der Waals surface area contributed by atoms with E-state index in [2.05, 4.69) is 15.0 Å². The monoisotopic (exact) mass is 398 g/mol. The number of nitrogens with zero attached hydrogens (tertiary/aromatic N) is 4. The van der Waals surface area contributed by atoms with E-state index in [0.717, 1.165) is 0 Å². The Hall–Kier alpha value is -1.91. The summed E-state index contributed by atoms with van der Waals surface area (Å²) in [5, 5.41) is 10.8. The van der Waals surface area contributed by atoms with Gasteiger partial charge >= 0.3 is 8.03 Å². The van der Waals surface area contributed by atoms with Crippen LogP contribution in [0.3, 0.4) is 0 Å². The minimum absolute atomic E-state index is 0.0310. The van der Waals surface area contributed by atoms with E-state index in [1.165, 1.54) is 13.0 Å². The van der Waals surface area contributed by atoms with E-state index < -0.39 is 31.6 Å². The van der Waals surface area contributed by atoms with Crippen LogP contribution in [0.5, 0.6) is 5.88 Å². The Bertz CT molecular complexity index is 908. The largest absolute Gasteiger partial charge is 0.504 e. The fourth-order valence-electron chi connectivity index (χ4n) is 3.61. The van der Waals surface area contributed by atoms with Crippen molar-refractivity contribution in [2.24, 2.45) is 0 Å². The van der Waals surface area contributed by atoms with Crippen molar-refractivity contribution in [3.8, 4) is 5.88 Å². The zero-order valence-electron chi connectivity index (χ0n) is 15.2. The number of ether oxygens (including phenoxy) is 3. The van der Waals surface area contributed by atoms with Crippen LogP contribution in [0.25, 0.3) is 11.2 Å². The highest BCUT2D eigenvalue weighted by Gasteiger charge is 2.69. The van der Waals surface area contributed by atoms with E-state index in [9.17, 15) is 9.67 Å². The number of nitrogen functional groups attached to an aromatic ring is 1. The molecule has 11 nitrogen and oxygen atoms in total. The van der Waals surface area contributed by atoms with E-state index >= 15 is 0 Å². The third-order valence-electron chi connectivity index (χ3n) is 4.94. The number of aliphatic hydroxyl groups excluding tert-OH is 1. The van der Waals surface area contributed by atoms with Gasteiger partial charge in [-0.2, -0.15) is 9.97 Å². The fourth-order valence-corrected chi connectivity index (χ4v) is 4.01. The van der Waals surface area contributed by atoms with Crippen molar-refractivity contribution in [1.29, 1.82) is 0 Å². The molecule has 5 atom stereocenters. The van der Waals surface area contributed by atoms with Crippen molar-refractivity contribution in [3.63, 3.8) is 0 Å². The second-order valence-electron chi connectivity index (χ2n) is 6.77. The second-order valence-corrected chi connectivity index (χ2v) is 7.90. The average molecular weight is 398 g/mol. The molecule has 3 N–H and O–H groups in total. The van der Waals surface area contributed by atoms with Crippen LogP contribution in [-0.4, -0.2) is 68.4 Å². The molecule has 2 aromatic rings. The Morgan fingerprint density at radius 2 is 2.30 bits per heavy atom. The maximum absolute atomic E-state index is 11.4. The van der Waals surface area contributed by atoms with Gasteiger partial charge < -0.3 is 25.1 Å². The minimum Gasteiger partial charge on any atom is -0.476 e. The van der Waals surface area contributed by atoms with Gasteiger partial charge in [-0.05, 0) is 18.4 Å². The van der Waals surface area contributed by atoms with Gasteiger partial charge in [0, 0.05) is 0 Å². The molecule has 0 saturated carbocycles. The van der Waals surface area contributed by atoms with Crippen molar-refractivity contribution in [1.82, 2.24) is 19.5 Å². The first kappa shape index (κ1) is 18.5. The molecule has 2 aliphatic heterocycles. The fraction of sp³-hybridized carbons (Fsp3) is 0.667. The van der Waals surface area contributed by atoms with E-state index in [0.29, 0.717) is 17.8 Å². The van der Waals surface area contributed by atoms with Gasteiger partial charge in [0.15, 0.2) is 29.7 Å². The number of nitrogens with two attached hydrogens (primary N) is 1. The highest BCUT2D eigenvalue weighted by Crippen LogP contribution is 2.53. The second kappa shape index (κ2) is 6.32. The Morgan fingerprint density at radius 1 is 1.52 bits per heavy atom. The first-order chi connectivity index (χ1) is 12.8. The molecular formula is C15H21N5O6P+. The van der Waals surface area contributed by atoms with E-state index in [-0.39, 0.29) is 25.0 Å². The molecule has 0 spiro atoms. The van der Waals surface area contributed by atoms with Crippen LogP contribution in [0.4, 0.5) is 5.95 Å². The van der Waals surface area contributed by atoms with Crippen LogP contribution in [0.1, 0.15) is 20.1 Å². The van der Waals surface area contributed by atoms with Crippen molar-refractivity contribution in [2.75, 3.05) is 32.2 Å². The standard InChI is InChI=1S/C15H21N5O6P/c1-4-23-10-8-9(18-13(16)19-10)20(7-17-8)12-14(2)11(21)15(26-12,5-24-14)6-25-27(3)22/h7,11-12,21H,4-6H2,1-3H3,(H2,16,18,19)/q+1/t11-,12+,14+,15+/m0/s1. The van der Waals surface area contributed by atoms with Gasteiger partial charge in [0.2, 0.25) is 11.8 Å². The zero-order chi connectivity index (χ0) is 19.4. The van der Waals surface area contributed by atoms with Gasteiger partial charge in [-0.25, -0.2) is 4.98 Å². The summed E-state index contributed by atoms with van der Waals surface area (Å²) in [5.74, 6) is 0.304. The summed E-state index contributed by atoms with van der Waals surface area (Å²) in [6.07, 6.45) is -0.218. The highest BCUT2D eigenvalue weighted by atomic mass is 31.1. The quantitative estimate of drug-likeness (QED) is 0.664. The molecule has 0 amide bonds. The van der Waals surface area contributed by atoms with Gasteiger partial charge in [-0.1, -0.05) is 0 Å². The maximum atomic E-state index is 11.4. The molecule has 12 heteroatoms. The molecule has 2 fully saturated rings. The van der Waals surface area contributed by atoms with Gasteiger partial charge in [-0.3, -0.25) is 4.57 Å². The Morgan fingerprint density at radius 3 is 3.00 bits per heavy atom. The molecule has 0 aromatic carbocycles. The zero-order valence-corrected chi connectivity index (χ0v) is 16.0. The lowest BCUT2D eigenvalue weighted by Gasteiger charge is -2.33. The first-order valence-corrected chi connectivity index (χ1v) is 10.1. The molecule has 146 valence electrons. The van der Waals surface area contributed by atoms with Crippen LogP contribution in [-0.2, 0) is 18.6 Å². The van der Waals surface area contributed by atoms with Crippen LogP contribution in [0.2, 0.25) is 0 Å². The molecule has 2 aliphatic rings. The lowest BCUT2D eigenvalue weighted by molar-refractivity contribution is -0.208. The number of hydrogen-bond acceptors (Lipinski definition) is 10. The normalized spacial score (nSPS) is 33.0. The van der Waals surface area contributed by atoms with Crippen LogP contribution < -0.4 is 10.5 Å². The molecule has 2 saturated heterocycles.